The van der Waals surface area contributed by atoms with E-state index >= 15 is 0 Å². The van der Waals surface area contributed by atoms with E-state index in [4.69, 9.17) is 9.47 Å². The first-order valence-corrected chi connectivity index (χ1v) is 6.81. The fourth-order valence-corrected chi connectivity index (χ4v) is 1.79. The van der Waals surface area contributed by atoms with Crippen LogP contribution in [0.4, 0.5) is 0 Å². The van der Waals surface area contributed by atoms with Crippen molar-refractivity contribution in [3.63, 3.8) is 0 Å². The van der Waals surface area contributed by atoms with Crippen molar-refractivity contribution in [1.29, 1.82) is 0 Å². The fraction of sp³-hybridized carbons (Fsp3) is 0.375. The molecule has 0 aliphatic rings. The summed E-state index contributed by atoms with van der Waals surface area (Å²) in [5.41, 5.74) is 0.509. The molecule has 0 unspecified atom stereocenters. The number of unbranched alkanes of at least 4 members (excludes halogenated alkanes) is 1. The SMILES string of the molecule is C=CC(=O)NCCCCOc1c(OC)cccc1C(C)=O. The van der Waals surface area contributed by atoms with E-state index < -0.39 is 0 Å². The maximum absolute atomic E-state index is 11.6. The van der Waals surface area contributed by atoms with Crippen molar-refractivity contribution >= 4 is 11.7 Å². The highest BCUT2D eigenvalue weighted by Crippen LogP contribution is 2.31. The van der Waals surface area contributed by atoms with Gasteiger partial charge < -0.3 is 14.8 Å². The summed E-state index contributed by atoms with van der Waals surface area (Å²) >= 11 is 0. The zero-order valence-electron chi connectivity index (χ0n) is 12.5. The highest BCUT2D eigenvalue weighted by Gasteiger charge is 2.13. The van der Waals surface area contributed by atoms with Gasteiger partial charge in [0.2, 0.25) is 5.91 Å². The molecule has 0 atom stereocenters. The van der Waals surface area contributed by atoms with Crippen LogP contribution in [-0.4, -0.2) is 32.0 Å². The Balaban J connectivity index is 2.49. The molecule has 1 aromatic rings. The highest BCUT2D eigenvalue weighted by molar-refractivity contribution is 5.97. The molecule has 0 spiro atoms. The van der Waals surface area contributed by atoms with E-state index in [9.17, 15) is 9.59 Å². The number of amides is 1. The smallest absolute Gasteiger partial charge is 0.243 e. The molecule has 0 aliphatic carbocycles. The summed E-state index contributed by atoms with van der Waals surface area (Å²) in [6.45, 7) is 5.89. The Bertz CT molecular complexity index is 511. The molecule has 5 nitrogen and oxygen atoms in total. The molecule has 1 rings (SSSR count). The van der Waals surface area contributed by atoms with E-state index in [0.717, 1.165) is 12.8 Å². The Hall–Kier alpha value is -2.30. The quantitative estimate of drug-likeness (QED) is 0.431. The normalized spacial score (nSPS) is 9.81. The van der Waals surface area contributed by atoms with Gasteiger partial charge >= 0.3 is 0 Å². The number of carbonyl (C=O) groups is 2. The molecular formula is C16H21NO4. The molecule has 0 saturated carbocycles. The minimum Gasteiger partial charge on any atom is -0.493 e. The predicted molar refractivity (Wildman–Crippen MR) is 80.9 cm³/mol. The number of ketones is 1. The number of carbonyl (C=O) groups excluding carboxylic acids is 2. The van der Waals surface area contributed by atoms with Crippen LogP contribution in [0, 0.1) is 0 Å². The standard InChI is InChI=1S/C16H21NO4/c1-4-15(19)17-10-5-6-11-21-16-13(12(2)18)8-7-9-14(16)20-3/h4,7-9H,1,5-6,10-11H2,2-3H3,(H,17,19). The van der Waals surface area contributed by atoms with Crippen molar-refractivity contribution in [2.45, 2.75) is 19.8 Å². The van der Waals surface area contributed by atoms with Gasteiger partial charge in [0.1, 0.15) is 0 Å². The molecule has 0 radical (unpaired) electrons. The van der Waals surface area contributed by atoms with Gasteiger partial charge in [-0.15, -0.1) is 0 Å². The molecule has 0 aromatic heterocycles. The lowest BCUT2D eigenvalue weighted by molar-refractivity contribution is -0.116. The van der Waals surface area contributed by atoms with Crippen molar-refractivity contribution in [2.24, 2.45) is 0 Å². The highest BCUT2D eigenvalue weighted by atomic mass is 16.5. The van der Waals surface area contributed by atoms with Gasteiger partial charge in [-0.1, -0.05) is 12.6 Å². The zero-order valence-corrected chi connectivity index (χ0v) is 12.5. The second-order valence-corrected chi connectivity index (χ2v) is 4.44. The third-order valence-electron chi connectivity index (χ3n) is 2.88. The predicted octanol–water partition coefficient (Wildman–Crippen LogP) is 2.36. The number of methoxy groups -OCH3 is 1. The van der Waals surface area contributed by atoms with Gasteiger partial charge in [-0.05, 0) is 38.0 Å². The number of rotatable bonds is 9. The summed E-state index contributed by atoms with van der Waals surface area (Å²) in [5, 5.41) is 2.69. The lowest BCUT2D eigenvalue weighted by Gasteiger charge is -2.13. The summed E-state index contributed by atoms with van der Waals surface area (Å²) < 4.78 is 10.9. The van der Waals surface area contributed by atoms with Crippen LogP contribution in [0.3, 0.4) is 0 Å². The Morgan fingerprint density at radius 1 is 1.33 bits per heavy atom. The monoisotopic (exact) mass is 291 g/mol. The summed E-state index contributed by atoms with van der Waals surface area (Å²) in [6, 6.07) is 5.23. The minimum atomic E-state index is -0.181. The number of Topliss-reactive ketones (excluding diaryl/α,β-unsaturated/α-hetero) is 1. The van der Waals surface area contributed by atoms with Crippen molar-refractivity contribution < 1.29 is 19.1 Å². The summed E-state index contributed by atoms with van der Waals surface area (Å²) in [6.07, 6.45) is 2.78. The second-order valence-electron chi connectivity index (χ2n) is 4.44. The van der Waals surface area contributed by atoms with Crippen molar-refractivity contribution in [3.05, 3.63) is 36.4 Å². The van der Waals surface area contributed by atoms with Crippen LogP contribution in [0.15, 0.2) is 30.9 Å². The zero-order chi connectivity index (χ0) is 15.7. The van der Waals surface area contributed by atoms with Crippen LogP contribution in [0.5, 0.6) is 11.5 Å². The van der Waals surface area contributed by atoms with Crippen LogP contribution < -0.4 is 14.8 Å². The number of hydrogen-bond donors (Lipinski definition) is 1. The molecule has 0 fully saturated rings. The lowest BCUT2D eigenvalue weighted by Crippen LogP contribution is -2.22. The number of hydrogen-bond acceptors (Lipinski definition) is 4. The topological polar surface area (TPSA) is 64.6 Å². The third-order valence-corrected chi connectivity index (χ3v) is 2.88. The van der Waals surface area contributed by atoms with Gasteiger partial charge in [0.05, 0.1) is 19.3 Å². The van der Waals surface area contributed by atoms with Crippen molar-refractivity contribution in [2.75, 3.05) is 20.3 Å². The van der Waals surface area contributed by atoms with Crippen LogP contribution in [0.2, 0.25) is 0 Å². The Morgan fingerprint density at radius 2 is 2.10 bits per heavy atom. The minimum absolute atomic E-state index is 0.0675. The largest absolute Gasteiger partial charge is 0.493 e. The summed E-state index contributed by atoms with van der Waals surface area (Å²) in [4.78, 5) is 22.5. The number of para-hydroxylation sites is 1. The van der Waals surface area contributed by atoms with Gasteiger partial charge in [0.15, 0.2) is 17.3 Å². The van der Waals surface area contributed by atoms with E-state index in [1.807, 2.05) is 0 Å². The first kappa shape index (κ1) is 16.8. The molecule has 0 bridgehead atoms. The average Bonchev–Trinajstić information content (AvgIpc) is 2.49. The molecule has 114 valence electrons. The molecule has 5 heteroatoms. The van der Waals surface area contributed by atoms with E-state index in [1.165, 1.54) is 20.1 Å². The van der Waals surface area contributed by atoms with Crippen LogP contribution in [0.1, 0.15) is 30.1 Å². The summed E-state index contributed by atoms with van der Waals surface area (Å²) in [7, 11) is 1.54. The van der Waals surface area contributed by atoms with Crippen LogP contribution >= 0.6 is 0 Å². The van der Waals surface area contributed by atoms with Crippen LogP contribution in [0.25, 0.3) is 0 Å². The maximum atomic E-state index is 11.6. The van der Waals surface area contributed by atoms with Crippen LogP contribution in [-0.2, 0) is 4.79 Å². The van der Waals surface area contributed by atoms with E-state index in [0.29, 0.717) is 30.2 Å². The van der Waals surface area contributed by atoms with Gasteiger partial charge in [0.25, 0.3) is 0 Å². The number of benzene rings is 1. The van der Waals surface area contributed by atoms with Gasteiger partial charge in [0, 0.05) is 6.54 Å². The Labute approximate surface area is 124 Å². The molecule has 0 heterocycles. The molecule has 1 amide bonds. The maximum Gasteiger partial charge on any atom is 0.243 e. The molecule has 1 aromatic carbocycles. The second kappa shape index (κ2) is 8.79. The molecule has 1 N–H and O–H groups in total. The molecule has 21 heavy (non-hydrogen) atoms. The van der Waals surface area contributed by atoms with Gasteiger partial charge in [-0.25, -0.2) is 0 Å². The average molecular weight is 291 g/mol. The fourth-order valence-electron chi connectivity index (χ4n) is 1.79. The number of ether oxygens (including phenoxy) is 2. The van der Waals surface area contributed by atoms with Gasteiger partial charge in [-0.3, -0.25) is 9.59 Å². The third kappa shape index (κ3) is 5.30. The first-order chi connectivity index (χ1) is 10.1. The van der Waals surface area contributed by atoms with Gasteiger partial charge in [-0.2, -0.15) is 0 Å². The van der Waals surface area contributed by atoms with E-state index in [-0.39, 0.29) is 11.7 Å². The molecule has 0 saturated heterocycles. The molecule has 0 aliphatic heterocycles. The van der Waals surface area contributed by atoms with Crippen molar-refractivity contribution in [3.8, 4) is 11.5 Å². The lowest BCUT2D eigenvalue weighted by atomic mass is 10.1. The van der Waals surface area contributed by atoms with E-state index in [1.54, 1.807) is 18.2 Å². The Kier molecular flexibility index (Phi) is 7.01. The Morgan fingerprint density at radius 3 is 2.71 bits per heavy atom. The summed E-state index contributed by atoms with van der Waals surface area (Å²) in [5.74, 6) is 0.770. The first-order valence-electron chi connectivity index (χ1n) is 6.81. The molecular weight excluding hydrogens is 270 g/mol. The van der Waals surface area contributed by atoms with Crippen molar-refractivity contribution in [1.82, 2.24) is 5.32 Å². The number of nitrogens with one attached hydrogen (secondary N) is 1. The van der Waals surface area contributed by atoms with E-state index in [2.05, 4.69) is 11.9 Å².